The van der Waals surface area contributed by atoms with Crippen molar-refractivity contribution >= 4 is 6.29 Å². The van der Waals surface area contributed by atoms with E-state index in [2.05, 4.69) is 16.2 Å². The maximum atomic E-state index is 11.2. The number of aldehydes is 1. The SMILES string of the molecule is Cn1ccc(-c2cc(-c3ccc(C#N)cc3)ncc2C=O)n1. The summed E-state index contributed by atoms with van der Waals surface area (Å²) in [7, 11) is 1.83. The Morgan fingerprint density at radius 2 is 1.95 bits per heavy atom. The number of hydrogen-bond acceptors (Lipinski definition) is 4. The van der Waals surface area contributed by atoms with E-state index in [1.165, 1.54) is 0 Å². The normalized spacial score (nSPS) is 10.2. The molecule has 5 nitrogen and oxygen atoms in total. The molecule has 0 saturated heterocycles. The van der Waals surface area contributed by atoms with Crippen molar-refractivity contribution in [3.8, 4) is 28.6 Å². The van der Waals surface area contributed by atoms with E-state index in [0.717, 1.165) is 28.8 Å². The van der Waals surface area contributed by atoms with Crippen LogP contribution in [-0.4, -0.2) is 21.1 Å². The number of benzene rings is 1. The monoisotopic (exact) mass is 288 g/mol. The molecule has 0 spiro atoms. The number of hydrogen-bond donors (Lipinski definition) is 0. The molecule has 22 heavy (non-hydrogen) atoms. The minimum atomic E-state index is 0.496. The maximum Gasteiger partial charge on any atom is 0.152 e. The summed E-state index contributed by atoms with van der Waals surface area (Å²) in [6.45, 7) is 0. The van der Waals surface area contributed by atoms with Gasteiger partial charge in [-0.1, -0.05) is 12.1 Å². The van der Waals surface area contributed by atoms with Gasteiger partial charge in [-0.3, -0.25) is 14.5 Å². The number of rotatable bonds is 3. The van der Waals surface area contributed by atoms with E-state index in [9.17, 15) is 4.79 Å². The van der Waals surface area contributed by atoms with Crippen molar-refractivity contribution in [2.24, 2.45) is 7.05 Å². The second-order valence-corrected chi connectivity index (χ2v) is 4.84. The molecule has 3 aromatic rings. The van der Waals surface area contributed by atoms with Gasteiger partial charge in [0.1, 0.15) is 0 Å². The van der Waals surface area contributed by atoms with E-state index in [1.54, 1.807) is 23.0 Å². The van der Waals surface area contributed by atoms with E-state index in [4.69, 9.17) is 5.26 Å². The molecule has 0 aliphatic rings. The molecule has 0 saturated carbocycles. The molecule has 0 aliphatic carbocycles. The number of nitriles is 1. The van der Waals surface area contributed by atoms with Gasteiger partial charge >= 0.3 is 0 Å². The van der Waals surface area contributed by atoms with Gasteiger partial charge in [0, 0.05) is 36.1 Å². The third-order valence-electron chi connectivity index (χ3n) is 3.36. The number of carbonyl (C=O) groups excluding carboxylic acids is 1. The molecule has 0 radical (unpaired) electrons. The molecule has 0 N–H and O–H groups in total. The number of carbonyl (C=O) groups is 1. The van der Waals surface area contributed by atoms with E-state index < -0.39 is 0 Å². The first-order valence-corrected chi connectivity index (χ1v) is 6.67. The van der Waals surface area contributed by atoms with Crippen LogP contribution in [0.5, 0.6) is 0 Å². The standard InChI is InChI=1S/C17H12N4O/c1-21-7-6-16(20-21)15-8-17(19-10-14(15)11-22)13-4-2-12(9-18)3-5-13/h2-8,10-11H,1H3. The Bertz CT molecular complexity index is 872. The van der Waals surface area contributed by atoms with Crippen LogP contribution in [0.25, 0.3) is 22.5 Å². The fraction of sp³-hybridized carbons (Fsp3) is 0.0588. The van der Waals surface area contributed by atoms with E-state index in [1.807, 2.05) is 37.5 Å². The molecule has 0 bridgehead atoms. The molecular weight excluding hydrogens is 276 g/mol. The van der Waals surface area contributed by atoms with Gasteiger partial charge in [0.25, 0.3) is 0 Å². The van der Waals surface area contributed by atoms with Crippen LogP contribution in [0.4, 0.5) is 0 Å². The molecule has 3 rings (SSSR count). The summed E-state index contributed by atoms with van der Waals surface area (Å²) in [6, 6.07) is 12.9. The molecular formula is C17H12N4O. The molecule has 2 heterocycles. The third kappa shape index (κ3) is 2.50. The summed E-state index contributed by atoms with van der Waals surface area (Å²) in [5.74, 6) is 0. The first kappa shape index (κ1) is 13.7. The van der Waals surface area contributed by atoms with Crippen LogP contribution in [0.1, 0.15) is 15.9 Å². The van der Waals surface area contributed by atoms with Crippen molar-refractivity contribution < 1.29 is 4.79 Å². The minimum absolute atomic E-state index is 0.496. The molecule has 0 fully saturated rings. The predicted molar refractivity (Wildman–Crippen MR) is 82.0 cm³/mol. The molecule has 0 amide bonds. The van der Waals surface area contributed by atoms with E-state index >= 15 is 0 Å². The first-order chi connectivity index (χ1) is 10.7. The Labute approximate surface area is 127 Å². The van der Waals surface area contributed by atoms with Gasteiger partial charge in [0.15, 0.2) is 6.29 Å². The lowest BCUT2D eigenvalue weighted by Gasteiger charge is -2.06. The first-order valence-electron chi connectivity index (χ1n) is 6.67. The molecule has 0 aliphatic heterocycles. The highest BCUT2D eigenvalue weighted by molar-refractivity contribution is 5.87. The summed E-state index contributed by atoms with van der Waals surface area (Å²) in [4.78, 5) is 15.5. The highest BCUT2D eigenvalue weighted by atomic mass is 16.1. The van der Waals surface area contributed by atoms with Gasteiger partial charge in [0.2, 0.25) is 0 Å². The Morgan fingerprint density at radius 1 is 1.18 bits per heavy atom. The third-order valence-corrected chi connectivity index (χ3v) is 3.36. The number of aryl methyl sites for hydroxylation is 1. The highest BCUT2D eigenvalue weighted by Gasteiger charge is 2.10. The van der Waals surface area contributed by atoms with Crippen molar-refractivity contribution in [1.29, 1.82) is 5.26 Å². The topological polar surface area (TPSA) is 71.6 Å². The average molecular weight is 288 g/mol. The van der Waals surface area contributed by atoms with Crippen LogP contribution in [0.2, 0.25) is 0 Å². The summed E-state index contributed by atoms with van der Waals surface area (Å²) in [5, 5.41) is 13.2. The van der Waals surface area contributed by atoms with Crippen LogP contribution in [0.3, 0.4) is 0 Å². The Hall–Kier alpha value is -3.26. The number of aromatic nitrogens is 3. The van der Waals surface area contributed by atoms with Gasteiger partial charge in [-0.15, -0.1) is 0 Å². The molecule has 2 aromatic heterocycles. The quantitative estimate of drug-likeness (QED) is 0.695. The molecule has 1 aromatic carbocycles. The van der Waals surface area contributed by atoms with Gasteiger partial charge in [0.05, 0.1) is 23.0 Å². The minimum Gasteiger partial charge on any atom is -0.298 e. The average Bonchev–Trinajstić information content (AvgIpc) is 3.00. The van der Waals surface area contributed by atoms with Crippen molar-refractivity contribution in [3.63, 3.8) is 0 Å². The fourth-order valence-electron chi connectivity index (χ4n) is 2.21. The molecule has 0 atom stereocenters. The van der Waals surface area contributed by atoms with Gasteiger partial charge in [-0.25, -0.2) is 0 Å². The number of pyridine rings is 1. The predicted octanol–water partition coefficient (Wildman–Crippen LogP) is 2.83. The zero-order valence-electron chi connectivity index (χ0n) is 11.9. The lowest BCUT2D eigenvalue weighted by atomic mass is 10.0. The smallest absolute Gasteiger partial charge is 0.152 e. The van der Waals surface area contributed by atoms with Gasteiger partial charge < -0.3 is 0 Å². The van der Waals surface area contributed by atoms with Crippen LogP contribution in [0.15, 0.2) is 48.8 Å². The van der Waals surface area contributed by atoms with Gasteiger partial charge in [-0.2, -0.15) is 10.4 Å². The highest BCUT2D eigenvalue weighted by Crippen LogP contribution is 2.26. The Balaban J connectivity index is 2.10. The molecule has 5 heteroatoms. The second-order valence-electron chi connectivity index (χ2n) is 4.84. The maximum absolute atomic E-state index is 11.2. The van der Waals surface area contributed by atoms with Crippen molar-refractivity contribution in [3.05, 3.63) is 59.9 Å². The van der Waals surface area contributed by atoms with Crippen LogP contribution in [0, 0.1) is 11.3 Å². The largest absolute Gasteiger partial charge is 0.298 e. The van der Waals surface area contributed by atoms with Gasteiger partial charge in [-0.05, 0) is 24.3 Å². The van der Waals surface area contributed by atoms with E-state index in [-0.39, 0.29) is 0 Å². The summed E-state index contributed by atoms with van der Waals surface area (Å²) < 4.78 is 1.69. The van der Waals surface area contributed by atoms with Crippen LogP contribution >= 0.6 is 0 Å². The summed E-state index contributed by atoms with van der Waals surface area (Å²) in [6.07, 6.45) is 4.15. The van der Waals surface area contributed by atoms with Crippen LogP contribution < -0.4 is 0 Å². The summed E-state index contributed by atoms with van der Waals surface area (Å²) in [5.41, 5.74) is 4.17. The molecule has 0 unspecified atom stereocenters. The summed E-state index contributed by atoms with van der Waals surface area (Å²) >= 11 is 0. The zero-order chi connectivity index (χ0) is 15.5. The zero-order valence-corrected chi connectivity index (χ0v) is 11.9. The lowest BCUT2D eigenvalue weighted by Crippen LogP contribution is -1.94. The number of nitrogens with zero attached hydrogens (tertiary/aromatic N) is 4. The fourth-order valence-corrected chi connectivity index (χ4v) is 2.21. The second kappa shape index (κ2) is 5.62. The van der Waals surface area contributed by atoms with E-state index in [0.29, 0.717) is 11.1 Å². The Morgan fingerprint density at radius 3 is 2.55 bits per heavy atom. The van der Waals surface area contributed by atoms with Crippen molar-refractivity contribution in [1.82, 2.24) is 14.8 Å². The van der Waals surface area contributed by atoms with Crippen molar-refractivity contribution in [2.45, 2.75) is 0 Å². The Kier molecular flexibility index (Phi) is 3.50. The van der Waals surface area contributed by atoms with Crippen LogP contribution in [-0.2, 0) is 7.05 Å². The van der Waals surface area contributed by atoms with Crippen molar-refractivity contribution in [2.75, 3.05) is 0 Å². The molecule has 106 valence electrons. The lowest BCUT2D eigenvalue weighted by molar-refractivity contribution is 0.112.